The molecular formula is C23H21N3O8S. The average molecular weight is 500 g/mol. The molecule has 2 aliphatic rings. The van der Waals surface area contributed by atoms with E-state index in [1.54, 1.807) is 30.3 Å². The molecule has 4 rings (SSSR count). The minimum atomic E-state index is -1.57. The van der Waals surface area contributed by atoms with Crippen molar-refractivity contribution < 1.29 is 33.0 Å². The molecule has 2 aliphatic heterocycles. The van der Waals surface area contributed by atoms with Gasteiger partial charge in [-0.05, 0) is 35.4 Å². The Kier molecular flexibility index (Phi) is 6.92. The predicted octanol–water partition coefficient (Wildman–Crippen LogP) is 1.06. The van der Waals surface area contributed by atoms with Gasteiger partial charge in [-0.3, -0.25) is 23.9 Å². The first-order valence-corrected chi connectivity index (χ1v) is 11.9. The van der Waals surface area contributed by atoms with Crippen molar-refractivity contribution in [3.63, 3.8) is 0 Å². The van der Waals surface area contributed by atoms with Crippen LogP contribution in [0.25, 0.3) is 0 Å². The Bertz CT molecular complexity index is 1200. The lowest BCUT2D eigenvalue weighted by Crippen LogP contribution is -2.77. The minimum Gasteiger partial charge on any atom is -0.484 e. The number of amides is 2. The van der Waals surface area contributed by atoms with E-state index in [1.165, 1.54) is 24.3 Å². The fraction of sp³-hybridized carbons (Fsp3) is 0.261. The summed E-state index contributed by atoms with van der Waals surface area (Å²) in [5.41, 5.74) is 0.683. The van der Waals surface area contributed by atoms with Crippen molar-refractivity contribution in [3.05, 3.63) is 82.4 Å². The van der Waals surface area contributed by atoms with Crippen LogP contribution in [0.5, 0.6) is 5.75 Å². The summed E-state index contributed by atoms with van der Waals surface area (Å²) in [5.74, 6) is -1.45. The number of β-lactam (4-membered cyclic amide) rings is 1. The second-order valence-corrected chi connectivity index (χ2v) is 9.43. The Balaban J connectivity index is 1.36. The van der Waals surface area contributed by atoms with E-state index in [-0.39, 0.29) is 30.2 Å². The second-order valence-electron chi connectivity index (χ2n) is 7.90. The average Bonchev–Trinajstić information content (AvgIpc) is 2.85. The third-order valence-corrected chi connectivity index (χ3v) is 7.22. The molecule has 182 valence electrons. The number of nitrogens with one attached hydrogen (secondary N) is 1. The standard InChI is InChI=1S/C23H21N3O8S/c1-14-13-35(32)22-19(24-18(27)12-33-17-5-3-2-4-6-17)21(28)25(22)20(14)23(29)34-11-15-7-9-16(10-8-15)26(30)31/h2-10,19-20,22H,1,11-13H2,(H,24,27)/t19-,20-,22+,35+/m0/s1. The molecule has 0 unspecified atom stereocenters. The largest absolute Gasteiger partial charge is 0.484 e. The molecule has 35 heavy (non-hydrogen) atoms. The van der Waals surface area contributed by atoms with E-state index in [0.717, 1.165) is 4.90 Å². The summed E-state index contributed by atoms with van der Waals surface area (Å²) in [5, 5.41) is 12.4. The zero-order valence-electron chi connectivity index (χ0n) is 18.3. The molecule has 0 spiro atoms. The number of nitro benzene ring substituents is 1. The van der Waals surface area contributed by atoms with Gasteiger partial charge in [0.1, 0.15) is 23.8 Å². The Morgan fingerprint density at radius 1 is 1.17 bits per heavy atom. The van der Waals surface area contributed by atoms with Crippen molar-refractivity contribution in [1.82, 2.24) is 10.2 Å². The fourth-order valence-corrected chi connectivity index (χ4v) is 5.49. The third kappa shape index (κ3) is 5.06. The molecule has 1 N–H and O–H groups in total. The highest BCUT2D eigenvalue weighted by atomic mass is 32.2. The predicted molar refractivity (Wildman–Crippen MR) is 123 cm³/mol. The van der Waals surface area contributed by atoms with E-state index in [0.29, 0.717) is 11.3 Å². The number of benzene rings is 2. The lowest BCUT2D eigenvalue weighted by atomic mass is 9.98. The van der Waals surface area contributed by atoms with Crippen LogP contribution in [0, 0.1) is 10.1 Å². The molecule has 0 bridgehead atoms. The highest BCUT2D eigenvalue weighted by Gasteiger charge is 2.59. The highest BCUT2D eigenvalue weighted by Crippen LogP contribution is 2.34. The Labute approximate surface area is 202 Å². The number of carbonyl (C=O) groups is 3. The normalized spacial score (nSPS) is 23.0. The van der Waals surface area contributed by atoms with Gasteiger partial charge in [0.15, 0.2) is 12.6 Å². The number of ether oxygens (including phenoxy) is 2. The molecule has 0 radical (unpaired) electrons. The van der Waals surface area contributed by atoms with Gasteiger partial charge in [0.2, 0.25) is 5.91 Å². The molecular weight excluding hydrogens is 478 g/mol. The molecule has 2 fully saturated rings. The van der Waals surface area contributed by atoms with Gasteiger partial charge in [0.25, 0.3) is 11.6 Å². The first kappa shape index (κ1) is 24.1. The van der Waals surface area contributed by atoms with E-state index in [1.807, 2.05) is 0 Å². The summed E-state index contributed by atoms with van der Waals surface area (Å²) in [7, 11) is -1.57. The first-order chi connectivity index (χ1) is 16.8. The number of esters is 1. The summed E-state index contributed by atoms with van der Waals surface area (Å²) in [4.78, 5) is 49.2. The zero-order valence-corrected chi connectivity index (χ0v) is 19.1. The molecule has 2 amide bonds. The number of rotatable bonds is 8. The fourth-order valence-electron chi connectivity index (χ4n) is 3.82. The lowest BCUT2D eigenvalue weighted by molar-refractivity contribution is -0.384. The number of carbonyl (C=O) groups excluding carboxylic acids is 3. The smallest absolute Gasteiger partial charge is 0.333 e. The summed E-state index contributed by atoms with van der Waals surface area (Å²) in [6.45, 7) is 3.28. The first-order valence-electron chi connectivity index (χ1n) is 10.5. The topological polar surface area (TPSA) is 145 Å². The van der Waals surface area contributed by atoms with Crippen LogP contribution < -0.4 is 10.1 Å². The summed E-state index contributed by atoms with van der Waals surface area (Å²) >= 11 is 0. The van der Waals surface area contributed by atoms with E-state index in [2.05, 4.69) is 11.9 Å². The molecule has 0 aromatic heterocycles. The lowest BCUT2D eigenvalue weighted by Gasteiger charge is -2.52. The van der Waals surface area contributed by atoms with Gasteiger partial charge >= 0.3 is 5.97 Å². The van der Waals surface area contributed by atoms with Crippen molar-refractivity contribution >= 4 is 34.3 Å². The number of hydrogen-bond acceptors (Lipinski definition) is 8. The highest BCUT2D eigenvalue weighted by molar-refractivity contribution is 7.86. The molecule has 12 heteroatoms. The Hall–Kier alpha value is -4.06. The number of nitrogens with zero attached hydrogens (tertiary/aromatic N) is 2. The van der Waals surface area contributed by atoms with E-state index in [4.69, 9.17) is 9.47 Å². The maximum Gasteiger partial charge on any atom is 0.333 e. The van der Waals surface area contributed by atoms with Gasteiger partial charge in [-0.2, -0.15) is 0 Å². The summed E-state index contributed by atoms with van der Waals surface area (Å²) < 4.78 is 23.4. The molecule has 2 heterocycles. The molecule has 0 aliphatic carbocycles. The number of fused-ring (bicyclic) bond motifs is 1. The van der Waals surface area contributed by atoms with E-state index >= 15 is 0 Å². The number of hydrogen-bond donors (Lipinski definition) is 1. The van der Waals surface area contributed by atoms with Crippen LogP contribution in [0.3, 0.4) is 0 Å². The van der Waals surface area contributed by atoms with Crippen LogP contribution in [-0.4, -0.2) is 61.6 Å². The number of non-ortho nitro benzene ring substituents is 1. The van der Waals surface area contributed by atoms with Crippen LogP contribution in [0.2, 0.25) is 0 Å². The molecule has 4 atom stereocenters. The van der Waals surface area contributed by atoms with Crippen molar-refractivity contribution in [3.8, 4) is 5.75 Å². The maximum absolute atomic E-state index is 12.8. The van der Waals surface area contributed by atoms with Crippen LogP contribution in [0.4, 0.5) is 5.69 Å². The molecule has 2 aromatic carbocycles. The van der Waals surface area contributed by atoms with Gasteiger partial charge < -0.3 is 19.7 Å². The second kappa shape index (κ2) is 10.1. The molecule has 11 nitrogen and oxygen atoms in total. The monoisotopic (exact) mass is 499 g/mol. The quantitative estimate of drug-likeness (QED) is 0.187. The zero-order chi connectivity index (χ0) is 25.1. The van der Waals surface area contributed by atoms with Crippen molar-refractivity contribution in [2.45, 2.75) is 24.1 Å². The van der Waals surface area contributed by atoms with Crippen LogP contribution in [0.1, 0.15) is 5.56 Å². The van der Waals surface area contributed by atoms with Crippen LogP contribution >= 0.6 is 0 Å². The van der Waals surface area contributed by atoms with Gasteiger partial charge in [-0.25, -0.2) is 4.79 Å². The minimum absolute atomic E-state index is 0.0291. The Morgan fingerprint density at radius 3 is 2.51 bits per heavy atom. The van der Waals surface area contributed by atoms with Gasteiger partial charge in [0, 0.05) is 17.9 Å². The van der Waals surface area contributed by atoms with E-state index < -0.39 is 51.0 Å². The summed E-state index contributed by atoms with van der Waals surface area (Å²) in [6.07, 6.45) is 0. The Morgan fingerprint density at radius 2 is 1.86 bits per heavy atom. The van der Waals surface area contributed by atoms with Crippen molar-refractivity contribution in [1.29, 1.82) is 0 Å². The number of nitro groups is 1. The van der Waals surface area contributed by atoms with Crippen molar-refractivity contribution in [2.24, 2.45) is 0 Å². The van der Waals surface area contributed by atoms with E-state index in [9.17, 15) is 28.7 Å². The van der Waals surface area contributed by atoms with Gasteiger partial charge in [0.05, 0.1) is 15.7 Å². The van der Waals surface area contributed by atoms with Gasteiger partial charge in [-0.15, -0.1) is 0 Å². The van der Waals surface area contributed by atoms with Crippen LogP contribution in [0.15, 0.2) is 66.7 Å². The molecule has 2 aromatic rings. The SMILES string of the molecule is C=C1C[S@@](=O)[C@@H]2[C@@H](NC(=O)COc3ccccc3)C(=O)N2[C@@H]1C(=O)OCc1ccc([N+](=O)[O-])cc1. The van der Waals surface area contributed by atoms with Gasteiger partial charge in [-0.1, -0.05) is 24.8 Å². The summed E-state index contributed by atoms with van der Waals surface area (Å²) in [6, 6.07) is 11.9. The van der Waals surface area contributed by atoms with Crippen LogP contribution in [-0.2, 0) is 36.5 Å². The molecule has 0 saturated carbocycles. The van der Waals surface area contributed by atoms with Crippen molar-refractivity contribution in [2.75, 3.05) is 12.4 Å². The molecule has 2 saturated heterocycles. The number of para-hydroxylation sites is 1. The third-order valence-electron chi connectivity index (χ3n) is 5.52. The maximum atomic E-state index is 12.8.